The number of hydrogen-bond acceptors (Lipinski definition) is 7. The van der Waals surface area contributed by atoms with Gasteiger partial charge in [-0.05, 0) is 43.2 Å². The summed E-state index contributed by atoms with van der Waals surface area (Å²) in [6.07, 6.45) is 1.10. The van der Waals surface area contributed by atoms with Crippen molar-refractivity contribution in [3.05, 3.63) is 42.5 Å². The minimum Gasteiger partial charge on any atom is -0.497 e. The highest BCUT2D eigenvalue weighted by atomic mass is 32.2. The first kappa shape index (κ1) is 21.7. The summed E-state index contributed by atoms with van der Waals surface area (Å²) in [7, 11) is 1.61. The number of amides is 3. The number of nitrogens with one attached hydrogen (secondary N) is 2. The lowest BCUT2D eigenvalue weighted by molar-refractivity contribution is -0.136. The third-order valence-electron chi connectivity index (χ3n) is 5.86. The predicted molar refractivity (Wildman–Crippen MR) is 129 cm³/mol. The number of thioether (sulfide) groups is 1. The van der Waals surface area contributed by atoms with E-state index in [4.69, 9.17) is 4.74 Å². The summed E-state index contributed by atoms with van der Waals surface area (Å²) in [5.74, 6) is -0.0487. The highest BCUT2D eigenvalue weighted by molar-refractivity contribution is 8.01. The highest BCUT2D eigenvalue weighted by Gasteiger charge is 2.37. The fourth-order valence-electron chi connectivity index (χ4n) is 4.03. The number of rotatable bonds is 4. The van der Waals surface area contributed by atoms with Crippen LogP contribution in [0.3, 0.4) is 0 Å². The number of methoxy groups -OCH3 is 1. The predicted octanol–water partition coefficient (Wildman–Crippen LogP) is 3.60. The summed E-state index contributed by atoms with van der Waals surface area (Å²) < 4.78 is 6.18. The number of likely N-dealkylation sites (tertiary alicyclic amines) is 1. The molecule has 33 heavy (non-hydrogen) atoms. The number of ether oxygens (including phenoxy) is 1. The number of benzene rings is 2. The van der Waals surface area contributed by atoms with Crippen molar-refractivity contribution in [3.63, 3.8) is 0 Å². The van der Waals surface area contributed by atoms with Crippen LogP contribution < -0.4 is 15.4 Å². The van der Waals surface area contributed by atoms with E-state index in [0.717, 1.165) is 26.5 Å². The van der Waals surface area contributed by atoms with Crippen molar-refractivity contribution in [2.24, 2.45) is 5.92 Å². The molecule has 0 unspecified atom stereocenters. The zero-order chi connectivity index (χ0) is 22.9. The van der Waals surface area contributed by atoms with Crippen LogP contribution in [0.5, 0.6) is 5.75 Å². The molecule has 2 aromatic carbocycles. The average molecular weight is 483 g/mol. The Bertz CT molecular complexity index is 1240. The van der Waals surface area contributed by atoms with Gasteiger partial charge in [0, 0.05) is 23.9 Å². The van der Waals surface area contributed by atoms with Gasteiger partial charge in [-0.1, -0.05) is 23.5 Å². The number of thiazole rings is 1. The van der Waals surface area contributed by atoms with Gasteiger partial charge in [0.2, 0.25) is 17.7 Å². The Morgan fingerprint density at radius 3 is 2.76 bits per heavy atom. The summed E-state index contributed by atoms with van der Waals surface area (Å²) in [5.41, 5.74) is 1.54. The second-order valence-corrected chi connectivity index (χ2v) is 10.1. The fourth-order valence-corrected chi connectivity index (χ4v) is 6.00. The van der Waals surface area contributed by atoms with Crippen LogP contribution in [0.2, 0.25) is 0 Å². The number of hydrogen-bond donors (Lipinski definition) is 2. The van der Waals surface area contributed by atoms with Crippen LogP contribution in [0.4, 0.5) is 10.8 Å². The van der Waals surface area contributed by atoms with Crippen molar-refractivity contribution in [3.8, 4) is 5.75 Å². The van der Waals surface area contributed by atoms with Crippen LogP contribution in [0, 0.1) is 5.92 Å². The van der Waals surface area contributed by atoms with Gasteiger partial charge in [-0.25, -0.2) is 4.98 Å². The van der Waals surface area contributed by atoms with E-state index in [2.05, 4.69) is 15.6 Å². The molecule has 1 saturated heterocycles. The van der Waals surface area contributed by atoms with Crippen LogP contribution in [-0.4, -0.2) is 53.1 Å². The summed E-state index contributed by atoms with van der Waals surface area (Å²) in [6, 6.07) is 13.1. The first-order valence-electron chi connectivity index (χ1n) is 10.6. The van der Waals surface area contributed by atoms with E-state index in [1.165, 1.54) is 23.1 Å². The quantitative estimate of drug-likeness (QED) is 0.551. The molecular formula is C23H22N4O4S2. The second-order valence-electron chi connectivity index (χ2n) is 7.92. The Balaban J connectivity index is 1.18. The molecule has 0 saturated carbocycles. The van der Waals surface area contributed by atoms with Gasteiger partial charge >= 0.3 is 0 Å². The van der Waals surface area contributed by atoms with Gasteiger partial charge in [-0.15, -0.1) is 11.8 Å². The number of carbonyl (C=O) groups excluding carboxylic acids is 3. The summed E-state index contributed by atoms with van der Waals surface area (Å²) >= 11 is 2.69. The third-order valence-corrected chi connectivity index (χ3v) is 8.05. The van der Waals surface area contributed by atoms with E-state index < -0.39 is 5.25 Å². The maximum absolute atomic E-state index is 13.0. The van der Waals surface area contributed by atoms with Crippen molar-refractivity contribution in [1.82, 2.24) is 9.88 Å². The molecule has 170 valence electrons. The second kappa shape index (κ2) is 9.03. The minimum atomic E-state index is -0.801. The molecule has 5 rings (SSSR count). The number of carbonyl (C=O) groups is 3. The number of fused-ring (bicyclic) bond motifs is 2. The van der Waals surface area contributed by atoms with Gasteiger partial charge in [0.05, 0.1) is 23.0 Å². The van der Waals surface area contributed by atoms with E-state index in [1.54, 1.807) is 12.0 Å². The smallest absolute Gasteiger partial charge is 0.247 e. The first-order valence-corrected chi connectivity index (χ1v) is 12.3. The van der Waals surface area contributed by atoms with E-state index >= 15 is 0 Å². The lowest BCUT2D eigenvalue weighted by atomic mass is 9.95. The molecule has 3 heterocycles. The van der Waals surface area contributed by atoms with Crippen molar-refractivity contribution in [2.45, 2.75) is 23.0 Å². The molecule has 2 N–H and O–H groups in total. The zero-order valence-electron chi connectivity index (χ0n) is 17.9. The molecule has 0 aliphatic carbocycles. The van der Waals surface area contributed by atoms with E-state index in [9.17, 15) is 14.4 Å². The molecular weight excluding hydrogens is 460 g/mol. The average Bonchev–Trinajstić information content (AvgIpc) is 3.24. The van der Waals surface area contributed by atoms with Gasteiger partial charge < -0.3 is 20.3 Å². The maximum Gasteiger partial charge on any atom is 0.247 e. The Morgan fingerprint density at radius 2 is 1.97 bits per heavy atom. The van der Waals surface area contributed by atoms with Gasteiger partial charge in [0.25, 0.3) is 0 Å². The van der Waals surface area contributed by atoms with Gasteiger partial charge in [-0.2, -0.15) is 0 Å². The zero-order valence-corrected chi connectivity index (χ0v) is 19.5. The van der Waals surface area contributed by atoms with Crippen molar-refractivity contribution < 1.29 is 19.1 Å². The molecule has 0 spiro atoms. The maximum atomic E-state index is 13.0. The van der Waals surface area contributed by atoms with Crippen molar-refractivity contribution >= 4 is 61.9 Å². The first-order chi connectivity index (χ1) is 16.0. The van der Waals surface area contributed by atoms with E-state index in [1.807, 2.05) is 42.5 Å². The van der Waals surface area contributed by atoms with Crippen molar-refractivity contribution in [2.75, 3.05) is 30.8 Å². The van der Waals surface area contributed by atoms with Gasteiger partial charge in [0.1, 0.15) is 5.75 Å². The molecule has 3 amide bonds. The number of piperidine rings is 1. The van der Waals surface area contributed by atoms with Crippen LogP contribution in [0.15, 0.2) is 47.4 Å². The van der Waals surface area contributed by atoms with Crippen molar-refractivity contribution in [1.29, 1.82) is 0 Å². The summed E-state index contributed by atoms with van der Waals surface area (Å²) in [5, 5.41) is 5.49. The largest absolute Gasteiger partial charge is 0.497 e. The SMILES string of the molecule is COc1ccc2nc(NC(=O)C3CCN(C(=O)[C@H]4Sc5ccccc5NC4=O)CC3)sc2c1. The Labute approximate surface area is 198 Å². The Kier molecular flexibility index (Phi) is 5.94. The molecule has 1 aromatic heterocycles. The molecule has 0 radical (unpaired) electrons. The van der Waals surface area contributed by atoms with E-state index in [-0.39, 0.29) is 23.6 Å². The van der Waals surface area contributed by atoms with Crippen LogP contribution in [0.25, 0.3) is 10.2 Å². The molecule has 2 aliphatic rings. The standard InChI is InChI=1S/C23H22N4O4S2/c1-31-14-6-7-16-18(12-14)33-23(25-16)26-20(28)13-8-10-27(11-9-13)22(30)19-21(29)24-15-4-2-3-5-17(15)32-19/h2-7,12-13,19H,8-11H2,1H3,(H,24,29)(H,25,26,28)/t19-/m0/s1. The summed E-state index contributed by atoms with van der Waals surface area (Å²) in [6.45, 7) is 0.889. The minimum absolute atomic E-state index is 0.0909. The van der Waals surface area contributed by atoms with Gasteiger partial charge in [0.15, 0.2) is 10.4 Å². The normalized spacial score (nSPS) is 18.5. The molecule has 10 heteroatoms. The molecule has 1 fully saturated rings. The molecule has 0 bridgehead atoms. The molecule has 8 nitrogen and oxygen atoms in total. The van der Waals surface area contributed by atoms with Crippen LogP contribution in [0.1, 0.15) is 12.8 Å². The topological polar surface area (TPSA) is 101 Å². The summed E-state index contributed by atoms with van der Waals surface area (Å²) in [4.78, 5) is 45.3. The van der Waals surface area contributed by atoms with Crippen LogP contribution in [-0.2, 0) is 14.4 Å². The number of para-hydroxylation sites is 1. The van der Waals surface area contributed by atoms with Crippen LogP contribution >= 0.6 is 23.1 Å². The fraction of sp³-hybridized carbons (Fsp3) is 0.304. The Hall–Kier alpha value is -3.11. The lowest BCUT2D eigenvalue weighted by Gasteiger charge is -2.34. The molecule has 2 aliphatic heterocycles. The third kappa shape index (κ3) is 4.40. The lowest BCUT2D eigenvalue weighted by Crippen LogP contribution is -2.48. The molecule has 1 atom stereocenters. The molecule has 3 aromatic rings. The number of nitrogens with zero attached hydrogens (tertiary/aromatic N) is 2. The Morgan fingerprint density at radius 1 is 1.18 bits per heavy atom. The number of aromatic nitrogens is 1. The monoisotopic (exact) mass is 482 g/mol. The van der Waals surface area contributed by atoms with Gasteiger partial charge in [-0.3, -0.25) is 14.4 Å². The number of anilines is 2. The highest BCUT2D eigenvalue weighted by Crippen LogP contribution is 2.36. The van der Waals surface area contributed by atoms with E-state index in [0.29, 0.717) is 31.1 Å².